The molecule has 0 aliphatic carbocycles. The van der Waals surface area contributed by atoms with E-state index in [0.717, 1.165) is 38.8 Å². The molecule has 1 amide bonds. The number of likely N-dealkylation sites (tertiary alicyclic amines) is 1. The van der Waals surface area contributed by atoms with Crippen LogP contribution in [0.1, 0.15) is 69.4 Å². The predicted molar refractivity (Wildman–Crippen MR) is 110 cm³/mol. The van der Waals surface area contributed by atoms with E-state index in [9.17, 15) is 9.59 Å². The number of pyridine rings is 1. The van der Waals surface area contributed by atoms with Gasteiger partial charge in [-0.2, -0.15) is 0 Å². The molecule has 0 spiro atoms. The lowest BCUT2D eigenvalue weighted by atomic mass is 9.92. The number of aromatic nitrogens is 1. The third-order valence-corrected chi connectivity index (χ3v) is 4.83. The molecule has 7 heteroatoms. The molecule has 0 N–H and O–H groups in total. The average Bonchev–Trinajstić information content (AvgIpc) is 2.64. The van der Waals surface area contributed by atoms with Gasteiger partial charge in [0.25, 0.3) is 0 Å². The van der Waals surface area contributed by atoms with Gasteiger partial charge in [-0.15, -0.1) is 0 Å². The van der Waals surface area contributed by atoms with Gasteiger partial charge < -0.3 is 19.1 Å². The van der Waals surface area contributed by atoms with Gasteiger partial charge in [-0.05, 0) is 72.3 Å². The monoisotopic (exact) mass is 406 g/mol. The van der Waals surface area contributed by atoms with Crippen molar-refractivity contribution in [1.29, 1.82) is 0 Å². The number of carbonyl (C=O) groups is 2. The molecule has 1 aromatic heterocycles. The van der Waals surface area contributed by atoms with Crippen LogP contribution < -0.4 is 4.74 Å². The maximum absolute atomic E-state index is 12.1. The molecule has 162 valence electrons. The number of aryl methyl sites for hydroxylation is 1. The van der Waals surface area contributed by atoms with E-state index in [-0.39, 0.29) is 12.1 Å². The van der Waals surface area contributed by atoms with Gasteiger partial charge in [-0.3, -0.25) is 0 Å². The first-order valence-electron chi connectivity index (χ1n) is 10.4. The van der Waals surface area contributed by atoms with Crippen LogP contribution in [0.2, 0.25) is 0 Å². The molecule has 2 heterocycles. The van der Waals surface area contributed by atoms with E-state index in [1.165, 1.54) is 0 Å². The van der Waals surface area contributed by atoms with Gasteiger partial charge in [0.2, 0.25) is 5.88 Å². The first kappa shape index (κ1) is 23.0. The molecule has 0 unspecified atom stereocenters. The Morgan fingerprint density at radius 2 is 1.90 bits per heavy atom. The molecule has 1 aliphatic heterocycles. The Morgan fingerprint density at radius 3 is 2.48 bits per heavy atom. The van der Waals surface area contributed by atoms with Crippen LogP contribution in [0.15, 0.2) is 12.1 Å². The second-order valence-electron chi connectivity index (χ2n) is 8.40. The Morgan fingerprint density at radius 1 is 1.21 bits per heavy atom. The van der Waals surface area contributed by atoms with Crippen LogP contribution in [-0.4, -0.2) is 53.9 Å². The van der Waals surface area contributed by atoms with Gasteiger partial charge in [0.1, 0.15) is 5.60 Å². The van der Waals surface area contributed by atoms with Gasteiger partial charge in [-0.25, -0.2) is 14.6 Å². The highest BCUT2D eigenvalue weighted by Gasteiger charge is 2.26. The van der Waals surface area contributed by atoms with Crippen LogP contribution in [-0.2, 0) is 9.47 Å². The number of hydrogen-bond donors (Lipinski definition) is 0. The zero-order valence-electron chi connectivity index (χ0n) is 18.3. The summed E-state index contributed by atoms with van der Waals surface area (Å²) in [5.41, 5.74) is 0.623. The van der Waals surface area contributed by atoms with Crippen molar-refractivity contribution in [3.8, 4) is 5.88 Å². The smallest absolute Gasteiger partial charge is 0.410 e. The van der Waals surface area contributed by atoms with Crippen molar-refractivity contribution >= 4 is 12.1 Å². The Labute approximate surface area is 173 Å². The molecule has 0 saturated carbocycles. The summed E-state index contributed by atoms with van der Waals surface area (Å²) in [7, 11) is 0. The minimum atomic E-state index is -0.452. The van der Waals surface area contributed by atoms with Crippen LogP contribution >= 0.6 is 0 Å². The SMILES string of the molecule is CCOC(=O)c1ccc(OCCCC2CCN(C(=O)OC(C)(C)C)CC2)nc1C. The van der Waals surface area contributed by atoms with E-state index in [1.54, 1.807) is 30.9 Å². The van der Waals surface area contributed by atoms with Crippen molar-refractivity contribution in [3.05, 3.63) is 23.4 Å². The highest BCUT2D eigenvalue weighted by atomic mass is 16.6. The number of esters is 1. The van der Waals surface area contributed by atoms with Gasteiger partial charge in [0, 0.05) is 19.2 Å². The van der Waals surface area contributed by atoms with Crippen molar-refractivity contribution in [3.63, 3.8) is 0 Å². The summed E-state index contributed by atoms with van der Waals surface area (Å²) in [6, 6.07) is 3.40. The fourth-order valence-corrected chi connectivity index (χ4v) is 3.32. The molecule has 0 radical (unpaired) electrons. The second kappa shape index (κ2) is 10.5. The van der Waals surface area contributed by atoms with Crippen molar-refractivity contribution in [2.24, 2.45) is 5.92 Å². The zero-order valence-corrected chi connectivity index (χ0v) is 18.3. The molecule has 1 aliphatic rings. The third-order valence-electron chi connectivity index (χ3n) is 4.83. The Kier molecular flexibility index (Phi) is 8.29. The quantitative estimate of drug-likeness (QED) is 0.494. The van der Waals surface area contributed by atoms with Gasteiger partial charge in [-0.1, -0.05) is 0 Å². The molecule has 29 heavy (non-hydrogen) atoms. The van der Waals surface area contributed by atoms with E-state index in [2.05, 4.69) is 4.98 Å². The number of amides is 1. The van der Waals surface area contributed by atoms with Crippen LogP contribution in [0.5, 0.6) is 5.88 Å². The number of hydrogen-bond acceptors (Lipinski definition) is 6. The Balaban J connectivity index is 1.68. The molecule has 7 nitrogen and oxygen atoms in total. The average molecular weight is 407 g/mol. The Bertz CT molecular complexity index is 691. The summed E-state index contributed by atoms with van der Waals surface area (Å²) in [6.07, 6.45) is 3.75. The number of ether oxygens (including phenoxy) is 3. The molecule has 0 atom stereocenters. The van der Waals surface area contributed by atoms with E-state index >= 15 is 0 Å². The first-order valence-corrected chi connectivity index (χ1v) is 10.4. The molecule has 2 rings (SSSR count). The van der Waals surface area contributed by atoms with Crippen LogP contribution in [0.3, 0.4) is 0 Å². The molecular formula is C22H34N2O5. The minimum Gasteiger partial charge on any atom is -0.478 e. The number of piperidine rings is 1. The maximum atomic E-state index is 12.1. The highest BCUT2D eigenvalue weighted by molar-refractivity contribution is 5.90. The van der Waals surface area contributed by atoms with Gasteiger partial charge >= 0.3 is 12.1 Å². The fourth-order valence-electron chi connectivity index (χ4n) is 3.32. The van der Waals surface area contributed by atoms with Crippen molar-refractivity contribution < 1.29 is 23.8 Å². The zero-order chi connectivity index (χ0) is 21.4. The van der Waals surface area contributed by atoms with Crippen LogP contribution in [0.25, 0.3) is 0 Å². The molecule has 0 aromatic carbocycles. The summed E-state index contributed by atoms with van der Waals surface area (Å²) in [5.74, 6) is 0.759. The normalized spacial score (nSPS) is 15.1. The largest absolute Gasteiger partial charge is 0.478 e. The lowest BCUT2D eigenvalue weighted by molar-refractivity contribution is 0.0179. The molecule has 0 bridgehead atoms. The van der Waals surface area contributed by atoms with Crippen molar-refractivity contribution in [2.45, 2.75) is 65.9 Å². The minimum absolute atomic E-state index is 0.216. The molecule has 1 fully saturated rings. The van der Waals surface area contributed by atoms with Crippen molar-refractivity contribution in [2.75, 3.05) is 26.3 Å². The van der Waals surface area contributed by atoms with E-state index in [1.807, 2.05) is 20.8 Å². The summed E-state index contributed by atoms with van der Waals surface area (Å²) in [6.45, 7) is 11.6. The summed E-state index contributed by atoms with van der Waals surface area (Å²) >= 11 is 0. The summed E-state index contributed by atoms with van der Waals surface area (Å²) < 4.78 is 16.2. The molecule has 1 saturated heterocycles. The van der Waals surface area contributed by atoms with Gasteiger partial charge in [0.15, 0.2) is 0 Å². The molecular weight excluding hydrogens is 372 g/mol. The standard InChI is InChI=1S/C22H34N2O5/c1-6-27-20(25)18-9-10-19(23-16(18)2)28-15-7-8-17-11-13-24(14-12-17)21(26)29-22(3,4)5/h9-10,17H,6-8,11-15H2,1-5H3. The van der Waals surface area contributed by atoms with Crippen LogP contribution in [0, 0.1) is 12.8 Å². The fraction of sp³-hybridized carbons (Fsp3) is 0.682. The molecule has 1 aromatic rings. The topological polar surface area (TPSA) is 78.0 Å². The van der Waals surface area contributed by atoms with E-state index in [4.69, 9.17) is 14.2 Å². The summed E-state index contributed by atoms with van der Waals surface area (Å²) in [4.78, 5) is 30.1. The predicted octanol–water partition coefficient (Wildman–Crippen LogP) is 4.37. The van der Waals surface area contributed by atoms with E-state index in [0.29, 0.717) is 36.3 Å². The highest BCUT2D eigenvalue weighted by Crippen LogP contribution is 2.23. The third kappa shape index (κ3) is 7.55. The van der Waals surface area contributed by atoms with E-state index < -0.39 is 5.60 Å². The lowest BCUT2D eigenvalue weighted by Crippen LogP contribution is -2.41. The second-order valence-corrected chi connectivity index (χ2v) is 8.40. The first-order chi connectivity index (χ1) is 13.7. The number of nitrogens with zero attached hydrogens (tertiary/aromatic N) is 2. The Hall–Kier alpha value is -2.31. The van der Waals surface area contributed by atoms with Gasteiger partial charge in [0.05, 0.1) is 24.5 Å². The van der Waals surface area contributed by atoms with Crippen molar-refractivity contribution in [1.82, 2.24) is 9.88 Å². The van der Waals surface area contributed by atoms with Crippen LogP contribution in [0.4, 0.5) is 4.79 Å². The number of carbonyl (C=O) groups excluding carboxylic acids is 2. The maximum Gasteiger partial charge on any atom is 0.410 e. The lowest BCUT2D eigenvalue weighted by Gasteiger charge is -2.33. The number of rotatable bonds is 7. The summed E-state index contributed by atoms with van der Waals surface area (Å²) in [5, 5.41) is 0.